The number of aromatic nitrogens is 2. The lowest BCUT2D eigenvalue weighted by atomic mass is 10.2. The van der Waals surface area contributed by atoms with Crippen LogP contribution in [-0.2, 0) is 17.0 Å². The molecule has 14 heteroatoms. The number of carbonyl (C=O) groups excluding carboxylic acids is 1. The van der Waals surface area contributed by atoms with Crippen LogP contribution in [0.15, 0.2) is 52.7 Å². The average Bonchev–Trinajstić information content (AvgIpc) is 3.29. The summed E-state index contributed by atoms with van der Waals surface area (Å²) in [7, 11) is -2.00. The number of benzene rings is 2. The number of amides is 1. The van der Waals surface area contributed by atoms with Crippen molar-refractivity contribution in [3.05, 3.63) is 64.9 Å². The minimum Gasteiger partial charge on any atom is -0.362 e. The third-order valence-corrected chi connectivity index (χ3v) is 6.20. The molecule has 0 aliphatic heterocycles. The summed E-state index contributed by atoms with van der Waals surface area (Å²) in [4.78, 5) is 11.4. The van der Waals surface area contributed by atoms with E-state index < -0.39 is 39.2 Å². The summed E-state index contributed by atoms with van der Waals surface area (Å²) in [5.41, 5.74) is 0.247. The second kappa shape index (κ2) is 10.8. The van der Waals surface area contributed by atoms with Crippen LogP contribution in [0.4, 0.5) is 28.9 Å². The summed E-state index contributed by atoms with van der Waals surface area (Å²) < 4.78 is 68.1. The highest BCUT2D eigenvalue weighted by atomic mass is 32.2. The Hall–Kier alpha value is -2.97. The second-order valence-corrected chi connectivity index (χ2v) is 8.95. The third kappa shape index (κ3) is 7.00. The molecule has 33 heavy (non-hydrogen) atoms. The van der Waals surface area contributed by atoms with Crippen LogP contribution < -0.4 is 16.0 Å². The molecule has 3 aromatic rings. The molecule has 3 N–H and O–H groups in total. The Bertz CT molecular complexity index is 1160. The van der Waals surface area contributed by atoms with Crippen molar-refractivity contribution in [2.45, 2.75) is 11.1 Å². The Morgan fingerprint density at radius 1 is 1.09 bits per heavy atom. The highest BCUT2D eigenvalue weighted by molar-refractivity contribution is 7.85. The highest BCUT2D eigenvalue weighted by Gasteiger charge is 2.31. The van der Waals surface area contributed by atoms with Crippen molar-refractivity contribution < 1.29 is 26.6 Å². The summed E-state index contributed by atoms with van der Waals surface area (Å²) in [5.74, 6) is -1.52. The van der Waals surface area contributed by atoms with Crippen LogP contribution in [0.25, 0.3) is 0 Å². The molecular weight excluding hydrogens is 502 g/mol. The first-order chi connectivity index (χ1) is 15.6. The van der Waals surface area contributed by atoms with Crippen LogP contribution in [0.3, 0.4) is 0 Å². The van der Waals surface area contributed by atoms with Gasteiger partial charge in [0.1, 0.15) is 5.82 Å². The highest BCUT2D eigenvalue weighted by Crippen LogP contribution is 2.31. The van der Waals surface area contributed by atoms with Crippen LogP contribution in [0.5, 0.6) is 0 Å². The molecule has 0 aliphatic rings. The molecule has 3 rings (SSSR count). The van der Waals surface area contributed by atoms with E-state index in [1.807, 2.05) is 0 Å². The van der Waals surface area contributed by atoms with E-state index in [9.17, 15) is 26.6 Å². The van der Waals surface area contributed by atoms with Gasteiger partial charge >= 0.3 is 6.18 Å². The van der Waals surface area contributed by atoms with Gasteiger partial charge in [-0.15, -0.1) is 5.10 Å². The number of hydrogen-bond donors (Lipinski definition) is 3. The number of nitrogens with zero attached hydrogens (tertiary/aromatic N) is 2. The number of carbonyl (C=O) groups is 1. The average molecular weight is 518 g/mol. The quantitative estimate of drug-likeness (QED) is 0.322. The minimum absolute atomic E-state index is 0.0317. The first-order valence-electron chi connectivity index (χ1n) is 9.12. The molecule has 1 heterocycles. The molecule has 1 unspecified atom stereocenters. The van der Waals surface area contributed by atoms with Crippen molar-refractivity contribution in [2.24, 2.45) is 0 Å². The zero-order valence-corrected chi connectivity index (χ0v) is 18.9. The smallest absolute Gasteiger partial charge is 0.362 e. The molecule has 0 saturated heterocycles. The van der Waals surface area contributed by atoms with E-state index in [2.05, 4.69) is 25.5 Å². The Labute approximate surface area is 197 Å². The summed E-state index contributed by atoms with van der Waals surface area (Å²) in [5, 5.41) is 13.6. The van der Waals surface area contributed by atoms with Gasteiger partial charge in [0.05, 0.1) is 21.3 Å². The fourth-order valence-corrected chi connectivity index (χ4v) is 4.20. The summed E-state index contributed by atoms with van der Waals surface area (Å²) >= 11 is 6.19. The molecule has 1 atom stereocenters. The van der Waals surface area contributed by atoms with Gasteiger partial charge in [-0.05, 0) is 66.2 Å². The molecule has 0 saturated carbocycles. The summed E-state index contributed by atoms with van der Waals surface area (Å²) in [6.45, 7) is 0.0317. The minimum atomic E-state index is -4.66. The number of hydrogen-bond acceptors (Lipinski definition) is 6. The molecule has 2 aromatic carbocycles. The number of halogens is 4. The van der Waals surface area contributed by atoms with Gasteiger partial charge in [0.15, 0.2) is 10.8 Å². The van der Waals surface area contributed by atoms with E-state index in [4.69, 9.17) is 12.2 Å². The molecule has 0 bridgehead atoms. The van der Waals surface area contributed by atoms with E-state index in [-0.39, 0.29) is 23.1 Å². The van der Waals surface area contributed by atoms with Crippen LogP contribution in [0.1, 0.15) is 16.1 Å². The number of rotatable bonds is 7. The van der Waals surface area contributed by atoms with Gasteiger partial charge in [0, 0.05) is 29.1 Å². The summed E-state index contributed by atoms with van der Waals surface area (Å²) in [6.07, 6.45) is -4.66. The standard InChI is InChI=1S/C19H15F4N5O2S3/c20-14-6-1-11(19(21,22)23)9-16(14)33(30)8-7-24-18(31)26-13-4-2-12(3-5-13)25-17(29)15-10-32-28-27-15/h1-6,9-10H,7-8H2,(H,25,29)(H2,24,26,31). The number of nitrogens with one attached hydrogen (secondary N) is 3. The van der Waals surface area contributed by atoms with Crippen molar-refractivity contribution in [3.8, 4) is 0 Å². The molecule has 1 aromatic heterocycles. The van der Waals surface area contributed by atoms with Crippen molar-refractivity contribution in [3.63, 3.8) is 0 Å². The van der Waals surface area contributed by atoms with Crippen LogP contribution in [0.2, 0.25) is 0 Å². The largest absolute Gasteiger partial charge is 0.416 e. The molecule has 174 valence electrons. The number of thiocarbonyl (C=S) groups is 1. The van der Waals surface area contributed by atoms with E-state index >= 15 is 0 Å². The SMILES string of the molecule is O=C(Nc1ccc(NC(=S)NCCS(=O)c2cc(C(F)(F)F)ccc2F)cc1)c1csnn1. The van der Waals surface area contributed by atoms with Crippen molar-refractivity contribution in [1.29, 1.82) is 0 Å². The fourth-order valence-electron chi connectivity index (χ4n) is 2.49. The van der Waals surface area contributed by atoms with Crippen LogP contribution >= 0.6 is 23.8 Å². The monoisotopic (exact) mass is 517 g/mol. The molecule has 0 radical (unpaired) electrons. The van der Waals surface area contributed by atoms with E-state index in [1.165, 1.54) is 5.38 Å². The lowest BCUT2D eigenvalue weighted by molar-refractivity contribution is -0.137. The maximum absolute atomic E-state index is 13.8. The normalized spacial score (nSPS) is 12.1. The molecule has 0 fully saturated rings. The van der Waals surface area contributed by atoms with Crippen LogP contribution in [-0.4, -0.2) is 37.1 Å². The fraction of sp³-hybridized carbons (Fsp3) is 0.158. The third-order valence-electron chi connectivity index (χ3n) is 4.07. The number of alkyl halides is 3. The lowest BCUT2D eigenvalue weighted by Gasteiger charge is -2.12. The van der Waals surface area contributed by atoms with E-state index in [0.717, 1.165) is 11.5 Å². The molecule has 0 aliphatic carbocycles. The molecular formula is C19H15F4N5O2S3. The van der Waals surface area contributed by atoms with Gasteiger partial charge < -0.3 is 16.0 Å². The lowest BCUT2D eigenvalue weighted by Crippen LogP contribution is -2.31. The van der Waals surface area contributed by atoms with Crippen molar-refractivity contribution in [1.82, 2.24) is 14.9 Å². The molecule has 0 spiro atoms. The van der Waals surface area contributed by atoms with Gasteiger partial charge in [0.25, 0.3) is 5.91 Å². The Balaban J connectivity index is 1.48. The maximum atomic E-state index is 13.8. The molecule has 1 amide bonds. The van der Waals surface area contributed by atoms with Crippen LogP contribution in [0, 0.1) is 5.82 Å². The second-order valence-electron chi connectivity index (χ2n) is 6.40. The van der Waals surface area contributed by atoms with E-state index in [0.29, 0.717) is 29.6 Å². The van der Waals surface area contributed by atoms with Gasteiger partial charge in [-0.3, -0.25) is 9.00 Å². The van der Waals surface area contributed by atoms with Crippen molar-refractivity contribution in [2.75, 3.05) is 22.9 Å². The number of anilines is 2. The van der Waals surface area contributed by atoms with Gasteiger partial charge in [-0.2, -0.15) is 13.2 Å². The zero-order chi connectivity index (χ0) is 24.0. The topological polar surface area (TPSA) is 96.0 Å². The Morgan fingerprint density at radius 2 is 1.76 bits per heavy atom. The Kier molecular flexibility index (Phi) is 8.05. The molecule has 7 nitrogen and oxygen atoms in total. The van der Waals surface area contributed by atoms with Gasteiger partial charge in [0.2, 0.25) is 0 Å². The van der Waals surface area contributed by atoms with Crippen molar-refractivity contribution >= 4 is 56.9 Å². The zero-order valence-electron chi connectivity index (χ0n) is 16.5. The van der Waals surface area contributed by atoms with Gasteiger partial charge in [-0.1, -0.05) is 4.49 Å². The first-order valence-corrected chi connectivity index (χ1v) is 11.7. The Morgan fingerprint density at radius 3 is 2.36 bits per heavy atom. The summed E-state index contributed by atoms with van der Waals surface area (Å²) in [6, 6.07) is 8.36. The maximum Gasteiger partial charge on any atom is 0.416 e. The van der Waals surface area contributed by atoms with E-state index in [1.54, 1.807) is 24.3 Å². The predicted octanol–water partition coefficient (Wildman–Crippen LogP) is 4.04. The predicted molar refractivity (Wildman–Crippen MR) is 121 cm³/mol. The first kappa shape index (κ1) is 24.7. The van der Waals surface area contributed by atoms with Gasteiger partial charge in [-0.25, -0.2) is 4.39 Å².